The van der Waals surface area contributed by atoms with E-state index in [9.17, 15) is 9.59 Å². The molecular formula is C18H19NO4. The molecule has 0 saturated carbocycles. The van der Waals surface area contributed by atoms with Crippen LogP contribution in [0.4, 0.5) is 5.69 Å². The molecule has 1 unspecified atom stereocenters. The molecule has 0 spiro atoms. The summed E-state index contributed by atoms with van der Waals surface area (Å²) in [6, 6.07) is 13.0. The number of hydrogen-bond acceptors (Lipinski definition) is 3. The first-order valence-electron chi connectivity index (χ1n) is 7.41. The largest absolute Gasteiger partial charge is 0.491 e. The van der Waals surface area contributed by atoms with Gasteiger partial charge in [-0.1, -0.05) is 19.1 Å². The highest BCUT2D eigenvalue weighted by molar-refractivity contribution is 6.05. The van der Waals surface area contributed by atoms with Crippen LogP contribution >= 0.6 is 0 Å². The van der Waals surface area contributed by atoms with Crippen molar-refractivity contribution in [3.05, 3.63) is 59.7 Å². The monoisotopic (exact) mass is 313 g/mol. The molecular weight excluding hydrogens is 294 g/mol. The Balaban J connectivity index is 2.13. The number of ether oxygens (including phenoxy) is 1. The number of carbonyl (C=O) groups excluding carboxylic acids is 1. The van der Waals surface area contributed by atoms with E-state index >= 15 is 0 Å². The number of anilines is 1. The summed E-state index contributed by atoms with van der Waals surface area (Å²) >= 11 is 0. The Morgan fingerprint density at radius 2 is 1.83 bits per heavy atom. The van der Waals surface area contributed by atoms with Crippen molar-refractivity contribution >= 4 is 17.6 Å². The maximum absolute atomic E-state index is 12.3. The summed E-state index contributed by atoms with van der Waals surface area (Å²) in [5.74, 6) is -0.724. The third-order valence-electron chi connectivity index (χ3n) is 3.38. The van der Waals surface area contributed by atoms with Crippen LogP contribution in [0.1, 0.15) is 41.0 Å². The van der Waals surface area contributed by atoms with E-state index in [1.54, 1.807) is 36.4 Å². The van der Waals surface area contributed by atoms with Gasteiger partial charge in [-0.15, -0.1) is 0 Å². The van der Waals surface area contributed by atoms with Gasteiger partial charge in [0.15, 0.2) is 0 Å². The Kier molecular flexibility index (Phi) is 5.36. The molecule has 0 radical (unpaired) electrons. The van der Waals surface area contributed by atoms with Crippen molar-refractivity contribution in [1.82, 2.24) is 0 Å². The third kappa shape index (κ3) is 4.57. The molecule has 2 aromatic carbocycles. The molecule has 1 atom stereocenters. The minimum Gasteiger partial charge on any atom is -0.491 e. The van der Waals surface area contributed by atoms with Crippen LogP contribution in [0.3, 0.4) is 0 Å². The third-order valence-corrected chi connectivity index (χ3v) is 3.38. The number of hydrogen-bond donors (Lipinski definition) is 2. The van der Waals surface area contributed by atoms with E-state index in [1.165, 1.54) is 12.1 Å². The number of aromatic carboxylic acids is 1. The SMILES string of the molecule is CCC(C)Oc1cccc(C(=O)Nc2cccc(C(=O)O)c2)c1. The van der Waals surface area contributed by atoms with E-state index in [1.807, 2.05) is 13.8 Å². The summed E-state index contributed by atoms with van der Waals surface area (Å²) in [4.78, 5) is 23.2. The molecule has 23 heavy (non-hydrogen) atoms. The number of carboxylic acids is 1. The number of rotatable bonds is 6. The molecule has 120 valence electrons. The maximum Gasteiger partial charge on any atom is 0.335 e. The summed E-state index contributed by atoms with van der Waals surface area (Å²) < 4.78 is 5.70. The zero-order valence-electron chi connectivity index (χ0n) is 13.1. The Morgan fingerprint density at radius 3 is 2.52 bits per heavy atom. The van der Waals surface area contributed by atoms with Crippen molar-refractivity contribution in [3.63, 3.8) is 0 Å². The molecule has 0 bridgehead atoms. The van der Waals surface area contributed by atoms with Crippen molar-refractivity contribution in [1.29, 1.82) is 0 Å². The fourth-order valence-electron chi connectivity index (χ4n) is 1.96. The van der Waals surface area contributed by atoms with Gasteiger partial charge in [0.05, 0.1) is 11.7 Å². The van der Waals surface area contributed by atoms with Crippen LogP contribution in [0.25, 0.3) is 0 Å². The maximum atomic E-state index is 12.3. The highest BCUT2D eigenvalue weighted by Crippen LogP contribution is 2.18. The standard InChI is InChI=1S/C18H19NO4/c1-3-12(2)23-16-9-5-6-13(11-16)17(20)19-15-8-4-7-14(10-15)18(21)22/h4-12H,3H2,1-2H3,(H,19,20)(H,21,22). The highest BCUT2D eigenvalue weighted by atomic mass is 16.5. The molecule has 0 aliphatic rings. The molecule has 2 N–H and O–H groups in total. The Hall–Kier alpha value is -2.82. The second-order valence-corrected chi connectivity index (χ2v) is 5.20. The van der Waals surface area contributed by atoms with Crippen molar-refractivity contribution in [3.8, 4) is 5.75 Å². The molecule has 0 aliphatic carbocycles. The van der Waals surface area contributed by atoms with Crippen LogP contribution < -0.4 is 10.1 Å². The van der Waals surface area contributed by atoms with E-state index < -0.39 is 5.97 Å². The average molecular weight is 313 g/mol. The van der Waals surface area contributed by atoms with E-state index in [0.717, 1.165) is 6.42 Å². The number of benzene rings is 2. The zero-order chi connectivity index (χ0) is 16.8. The number of carbonyl (C=O) groups is 2. The summed E-state index contributed by atoms with van der Waals surface area (Å²) in [6.07, 6.45) is 0.943. The lowest BCUT2D eigenvalue weighted by Crippen LogP contribution is -2.14. The van der Waals surface area contributed by atoms with E-state index in [0.29, 0.717) is 17.0 Å². The van der Waals surface area contributed by atoms with Gasteiger partial charge >= 0.3 is 5.97 Å². The molecule has 1 amide bonds. The van der Waals surface area contributed by atoms with Gasteiger partial charge in [0.2, 0.25) is 0 Å². The van der Waals surface area contributed by atoms with Crippen molar-refractivity contribution < 1.29 is 19.4 Å². The lowest BCUT2D eigenvalue weighted by Gasteiger charge is -2.13. The second kappa shape index (κ2) is 7.45. The van der Waals surface area contributed by atoms with E-state index in [2.05, 4.69) is 5.32 Å². The van der Waals surface area contributed by atoms with Gasteiger partial charge in [-0.3, -0.25) is 4.79 Å². The van der Waals surface area contributed by atoms with Gasteiger partial charge in [-0.05, 0) is 49.7 Å². The smallest absolute Gasteiger partial charge is 0.335 e. The highest BCUT2D eigenvalue weighted by Gasteiger charge is 2.10. The van der Waals surface area contributed by atoms with E-state index in [-0.39, 0.29) is 17.6 Å². The summed E-state index contributed by atoms with van der Waals surface area (Å²) in [6.45, 7) is 3.99. The van der Waals surface area contributed by atoms with Crippen molar-refractivity contribution in [2.45, 2.75) is 26.4 Å². The summed E-state index contributed by atoms with van der Waals surface area (Å²) in [5, 5.41) is 11.7. The molecule has 0 fully saturated rings. The molecule has 0 aromatic heterocycles. The lowest BCUT2D eigenvalue weighted by molar-refractivity contribution is 0.0696. The van der Waals surface area contributed by atoms with Crippen LogP contribution in [0.2, 0.25) is 0 Å². The normalized spacial score (nSPS) is 11.6. The predicted molar refractivity (Wildman–Crippen MR) is 88.2 cm³/mol. The van der Waals surface area contributed by atoms with Crippen molar-refractivity contribution in [2.75, 3.05) is 5.32 Å². The molecule has 5 nitrogen and oxygen atoms in total. The number of nitrogens with one attached hydrogen (secondary N) is 1. The van der Waals surface area contributed by atoms with E-state index in [4.69, 9.17) is 9.84 Å². The zero-order valence-corrected chi connectivity index (χ0v) is 13.1. The fraction of sp³-hybridized carbons (Fsp3) is 0.222. The summed E-state index contributed by atoms with van der Waals surface area (Å²) in [7, 11) is 0. The molecule has 5 heteroatoms. The van der Waals surface area contributed by atoms with Gasteiger partial charge in [0, 0.05) is 11.3 Å². The fourth-order valence-corrected chi connectivity index (χ4v) is 1.96. The Labute approximate surface area is 134 Å². The number of carboxylic acid groups (broad SMARTS) is 1. The molecule has 0 saturated heterocycles. The number of amides is 1. The molecule has 2 rings (SSSR count). The Bertz CT molecular complexity index is 712. The first-order chi connectivity index (χ1) is 11.0. The van der Waals surface area contributed by atoms with Crippen molar-refractivity contribution in [2.24, 2.45) is 0 Å². The quantitative estimate of drug-likeness (QED) is 0.850. The van der Waals surface area contributed by atoms with Gasteiger partial charge in [0.1, 0.15) is 5.75 Å². The average Bonchev–Trinajstić information content (AvgIpc) is 2.55. The molecule has 0 aliphatic heterocycles. The lowest BCUT2D eigenvalue weighted by atomic mass is 10.1. The van der Waals surface area contributed by atoms with Gasteiger partial charge < -0.3 is 15.2 Å². The minimum atomic E-state index is -1.04. The summed E-state index contributed by atoms with van der Waals surface area (Å²) in [5.41, 5.74) is 1.01. The topological polar surface area (TPSA) is 75.6 Å². The van der Waals surface area contributed by atoms with Crippen LogP contribution in [-0.2, 0) is 0 Å². The van der Waals surface area contributed by atoms with Crippen LogP contribution in [0.15, 0.2) is 48.5 Å². The predicted octanol–water partition coefficient (Wildman–Crippen LogP) is 3.81. The first kappa shape index (κ1) is 16.5. The van der Waals surface area contributed by atoms with Gasteiger partial charge in [0.25, 0.3) is 5.91 Å². The molecule has 2 aromatic rings. The minimum absolute atomic E-state index is 0.0700. The van der Waals surface area contributed by atoms with Crippen LogP contribution in [0, 0.1) is 0 Å². The van der Waals surface area contributed by atoms with Gasteiger partial charge in [-0.2, -0.15) is 0 Å². The first-order valence-corrected chi connectivity index (χ1v) is 7.41. The Morgan fingerprint density at radius 1 is 1.13 bits per heavy atom. The van der Waals surface area contributed by atoms with Crippen LogP contribution in [0.5, 0.6) is 5.75 Å². The van der Waals surface area contributed by atoms with Crippen LogP contribution in [-0.4, -0.2) is 23.1 Å². The second-order valence-electron chi connectivity index (χ2n) is 5.20. The van der Waals surface area contributed by atoms with Gasteiger partial charge in [-0.25, -0.2) is 4.79 Å². The molecule has 0 heterocycles.